The van der Waals surface area contributed by atoms with Crippen LogP contribution in [0.25, 0.3) is 0 Å². The molecule has 0 heteroatoms. The van der Waals surface area contributed by atoms with Gasteiger partial charge >= 0.3 is 0 Å². The SMILES string of the molecule is CCC.CC[C@@H]1CCCc2ccccc21. The third-order valence-corrected chi connectivity index (χ3v) is 2.99. The summed E-state index contributed by atoms with van der Waals surface area (Å²) >= 11 is 0. The van der Waals surface area contributed by atoms with Gasteiger partial charge in [-0.2, -0.15) is 0 Å². The number of rotatable bonds is 1. The Morgan fingerprint density at radius 3 is 2.47 bits per heavy atom. The highest BCUT2D eigenvalue weighted by molar-refractivity contribution is 5.32. The van der Waals surface area contributed by atoms with Crippen LogP contribution in [0.15, 0.2) is 24.3 Å². The standard InChI is InChI=1S/C12H16.C3H8/c1-2-10-7-5-8-11-6-3-4-9-12(10)11;1-3-2/h3-4,6,9-10H,2,5,7-8H2,1H3;3H2,1-2H3/t10-;/m1./s1. The molecule has 1 aliphatic rings. The maximum absolute atomic E-state index is 2.31. The number of hydrogen-bond donors (Lipinski definition) is 0. The first kappa shape index (κ1) is 12.3. The minimum absolute atomic E-state index is 0.843. The minimum atomic E-state index is 0.843. The summed E-state index contributed by atoms with van der Waals surface area (Å²) in [5.41, 5.74) is 3.21. The van der Waals surface area contributed by atoms with Crippen molar-refractivity contribution in [2.24, 2.45) is 0 Å². The molecule has 0 amide bonds. The topological polar surface area (TPSA) is 0 Å². The molecule has 2 rings (SSSR count). The predicted octanol–water partition coefficient (Wildman–Crippen LogP) is 4.93. The van der Waals surface area contributed by atoms with E-state index in [4.69, 9.17) is 0 Å². The maximum Gasteiger partial charge on any atom is -0.0162 e. The summed E-state index contributed by atoms with van der Waals surface area (Å²) in [5.74, 6) is 0.843. The first-order chi connectivity index (χ1) is 7.33. The summed E-state index contributed by atoms with van der Waals surface area (Å²) < 4.78 is 0. The lowest BCUT2D eigenvalue weighted by Crippen LogP contribution is -2.08. The molecule has 0 radical (unpaired) electrons. The second-order valence-corrected chi connectivity index (χ2v) is 4.40. The van der Waals surface area contributed by atoms with E-state index in [2.05, 4.69) is 45.0 Å². The molecule has 15 heavy (non-hydrogen) atoms. The molecule has 1 atom stereocenters. The van der Waals surface area contributed by atoms with Crippen LogP contribution in [0.1, 0.15) is 63.5 Å². The highest BCUT2D eigenvalue weighted by atomic mass is 14.2. The molecule has 1 aromatic carbocycles. The van der Waals surface area contributed by atoms with Gasteiger partial charge in [-0.15, -0.1) is 0 Å². The van der Waals surface area contributed by atoms with Crippen molar-refractivity contribution >= 4 is 0 Å². The molecule has 0 N–H and O–H groups in total. The van der Waals surface area contributed by atoms with Crippen LogP contribution in [0.2, 0.25) is 0 Å². The minimum Gasteiger partial charge on any atom is -0.0656 e. The van der Waals surface area contributed by atoms with Gasteiger partial charge in [-0.25, -0.2) is 0 Å². The fraction of sp³-hybridized carbons (Fsp3) is 0.600. The Hall–Kier alpha value is -0.780. The molecule has 84 valence electrons. The van der Waals surface area contributed by atoms with Gasteiger partial charge in [0.15, 0.2) is 0 Å². The normalized spacial score (nSPS) is 18.7. The Kier molecular flexibility index (Phi) is 5.45. The van der Waals surface area contributed by atoms with Crippen LogP contribution in [0.4, 0.5) is 0 Å². The van der Waals surface area contributed by atoms with Gasteiger partial charge in [0, 0.05) is 0 Å². The van der Waals surface area contributed by atoms with Crippen LogP contribution in [0.3, 0.4) is 0 Å². The molecule has 0 aliphatic heterocycles. The molecule has 0 unspecified atom stereocenters. The zero-order chi connectivity index (χ0) is 11.1. The fourth-order valence-corrected chi connectivity index (χ4v) is 2.28. The summed E-state index contributed by atoms with van der Waals surface area (Å²) in [5, 5.41) is 0. The molecule has 0 nitrogen and oxygen atoms in total. The second-order valence-electron chi connectivity index (χ2n) is 4.40. The van der Waals surface area contributed by atoms with Crippen LogP contribution in [0.5, 0.6) is 0 Å². The molecule has 0 heterocycles. The van der Waals surface area contributed by atoms with Gasteiger partial charge in [0.25, 0.3) is 0 Å². The summed E-state index contributed by atoms with van der Waals surface area (Å²) in [7, 11) is 0. The van der Waals surface area contributed by atoms with Gasteiger partial charge in [0.05, 0.1) is 0 Å². The van der Waals surface area contributed by atoms with E-state index in [1.807, 2.05) is 0 Å². The van der Waals surface area contributed by atoms with Crippen molar-refractivity contribution in [3.05, 3.63) is 35.4 Å². The largest absolute Gasteiger partial charge is 0.0656 e. The molecule has 0 fully saturated rings. The van der Waals surface area contributed by atoms with Gasteiger partial charge in [-0.3, -0.25) is 0 Å². The molecular weight excluding hydrogens is 180 g/mol. The third kappa shape index (κ3) is 3.37. The Morgan fingerprint density at radius 2 is 1.80 bits per heavy atom. The van der Waals surface area contributed by atoms with E-state index in [9.17, 15) is 0 Å². The number of hydrogen-bond acceptors (Lipinski definition) is 0. The van der Waals surface area contributed by atoms with E-state index in [0.717, 1.165) is 5.92 Å². The predicted molar refractivity (Wildman–Crippen MR) is 68.4 cm³/mol. The molecule has 0 aromatic heterocycles. The average molecular weight is 204 g/mol. The van der Waals surface area contributed by atoms with E-state index >= 15 is 0 Å². The number of aryl methyl sites for hydroxylation is 1. The average Bonchev–Trinajstić information content (AvgIpc) is 2.29. The maximum atomic E-state index is 2.31. The van der Waals surface area contributed by atoms with E-state index in [1.54, 1.807) is 11.1 Å². The molecule has 1 aromatic rings. The van der Waals surface area contributed by atoms with E-state index in [1.165, 1.54) is 32.1 Å². The summed E-state index contributed by atoms with van der Waals surface area (Å²) in [4.78, 5) is 0. The van der Waals surface area contributed by atoms with E-state index < -0.39 is 0 Å². The molecule has 0 saturated heterocycles. The van der Waals surface area contributed by atoms with Crippen molar-refractivity contribution in [3.63, 3.8) is 0 Å². The zero-order valence-electron chi connectivity index (χ0n) is 10.4. The molecular formula is C15H24. The van der Waals surface area contributed by atoms with Crippen molar-refractivity contribution in [1.29, 1.82) is 0 Å². The number of benzene rings is 1. The first-order valence-electron chi connectivity index (χ1n) is 6.41. The first-order valence-corrected chi connectivity index (χ1v) is 6.41. The zero-order valence-corrected chi connectivity index (χ0v) is 10.4. The van der Waals surface area contributed by atoms with Gasteiger partial charge in [-0.1, -0.05) is 51.5 Å². The smallest absolute Gasteiger partial charge is 0.0162 e. The van der Waals surface area contributed by atoms with Crippen molar-refractivity contribution in [3.8, 4) is 0 Å². The van der Waals surface area contributed by atoms with Crippen molar-refractivity contribution < 1.29 is 0 Å². The Morgan fingerprint density at radius 1 is 1.13 bits per heavy atom. The lowest BCUT2D eigenvalue weighted by Gasteiger charge is -2.23. The molecule has 0 bridgehead atoms. The monoisotopic (exact) mass is 204 g/mol. The molecule has 0 saturated carbocycles. The lowest BCUT2D eigenvalue weighted by atomic mass is 9.81. The summed E-state index contributed by atoms with van der Waals surface area (Å²) in [6.07, 6.45) is 6.63. The van der Waals surface area contributed by atoms with E-state index in [-0.39, 0.29) is 0 Å². The van der Waals surface area contributed by atoms with Crippen LogP contribution in [-0.4, -0.2) is 0 Å². The van der Waals surface area contributed by atoms with Crippen molar-refractivity contribution in [2.75, 3.05) is 0 Å². The van der Waals surface area contributed by atoms with Crippen molar-refractivity contribution in [2.45, 2.75) is 58.8 Å². The second kappa shape index (κ2) is 6.66. The number of fused-ring (bicyclic) bond motifs is 1. The van der Waals surface area contributed by atoms with Gasteiger partial charge < -0.3 is 0 Å². The highest BCUT2D eigenvalue weighted by Gasteiger charge is 2.17. The molecule has 0 spiro atoms. The van der Waals surface area contributed by atoms with Crippen LogP contribution < -0.4 is 0 Å². The lowest BCUT2D eigenvalue weighted by molar-refractivity contribution is 0.540. The third-order valence-electron chi connectivity index (χ3n) is 2.99. The van der Waals surface area contributed by atoms with Gasteiger partial charge in [-0.05, 0) is 42.7 Å². The molecule has 1 aliphatic carbocycles. The Labute approximate surface area is 94.7 Å². The van der Waals surface area contributed by atoms with Gasteiger partial charge in [0.2, 0.25) is 0 Å². The van der Waals surface area contributed by atoms with Gasteiger partial charge in [0.1, 0.15) is 0 Å². The Bertz CT molecular complexity index is 275. The summed E-state index contributed by atoms with van der Waals surface area (Å²) in [6.45, 7) is 6.55. The summed E-state index contributed by atoms with van der Waals surface area (Å²) in [6, 6.07) is 8.93. The quantitative estimate of drug-likeness (QED) is 0.608. The Balaban J connectivity index is 0.000000337. The van der Waals surface area contributed by atoms with Crippen LogP contribution in [-0.2, 0) is 6.42 Å². The highest BCUT2D eigenvalue weighted by Crippen LogP contribution is 2.33. The van der Waals surface area contributed by atoms with Crippen molar-refractivity contribution in [1.82, 2.24) is 0 Å². The van der Waals surface area contributed by atoms with E-state index in [0.29, 0.717) is 0 Å². The van der Waals surface area contributed by atoms with Crippen LogP contribution in [0, 0.1) is 0 Å². The van der Waals surface area contributed by atoms with Crippen LogP contribution >= 0.6 is 0 Å². The fourth-order valence-electron chi connectivity index (χ4n) is 2.28.